The summed E-state index contributed by atoms with van der Waals surface area (Å²) >= 11 is 9.45. The van der Waals surface area contributed by atoms with Gasteiger partial charge in [-0.3, -0.25) is 0 Å². The second-order valence-electron chi connectivity index (χ2n) is 4.48. The Morgan fingerprint density at radius 3 is 2.62 bits per heavy atom. The summed E-state index contributed by atoms with van der Waals surface area (Å²) in [5.41, 5.74) is 3.17. The molecule has 1 N–H and O–H groups in total. The van der Waals surface area contributed by atoms with Crippen molar-refractivity contribution in [1.82, 2.24) is 14.8 Å². The Morgan fingerprint density at radius 2 is 1.95 bits per heavy atom. The summed E-state index contributed by atoms with van der Waals surface area (Å²) in [6.45, 7) is 0.723. The lowest BCUT2D eigenvalue weighted by molar-refractivity contribution is 0.879. The lowest BCUT2D eigenvalue weighted by Gasteiger charge is -2.09. The van der Waals surface area contributed by atoms with E-state index >= 15 is 0 Å². The van der Waals surface area contributed by atoms with Crippen molar-refractivity contribution in [2.45, 2.75) is 6.54 Å². The molecule has 0 unspecified atom stereocenters. The predicted octanol–water partition coefficient (Wildman–Crippen LogP) is 4.30. The van der Waals surface area contributed by atoms with Crippen LogP contribution in [0, 0.1) is 0 Å². The van der Waals surface area contributed by atoms with Crippen molar-refractivity contribution in [1.29, 1.82) is 0 Å². The number of aromatic nitrogens is 3. The van der Waals surface area contributed by atoms with Crippen LogP contribution < -0.4 is 5.32 Å². The van der Waals surface area contributed by atoms with Crippen molar-refractivity contribution in [3.8, 4) is 5.69 Å². The summed E-state index contributed by atoms with van der Waals surface area (Å²) in [7, 11) is 0. The molecular formula is C15H12BrClN4. The van der Waals surface area contributed by atoms with E-state index < -0.39 is 0 Å². The van der Waals surface area contributed by atoms with Gasteiger partial charge in [0.15, 0.2) is 0 Å². The average Bonchev–Trinajstić information content (AvgIpc) is 3.01. The number of halogens is 2. The van der Waals surface area contributed by atoms with E-state index in [4.69, 9.17) is 11.6 Å². The van der Waals surface area contributed by atoms with Crippen LogP contribution in [0.15, 0.2) is 59.6 Å². The van der Waals surface area contributed by atoms with E-state index in [0.717, 1.165) is 33.0 Å². The van der Waals surface area contributed by atoms with Gasteiger partial charge in [0.1, 0.15) is 12.7 Å². The van der Waals surface area contributed by atoms with Crippen molar-refractivity contribution >= 4 is 33.2 Å². The Labute approximate surface area is 135 Å². The van der Waals surface area contributed by atoms with Gasteiger partial charge in [-0.05, 0) is 42.0 Å². The molecule has 106 valence electrons. The SMILES string of the molecule is Clc1ccc(CNc2ccc(-n3cncn3)cc2)c(Br)c1. The van der Waals surface area contributed by atoms with Gasteiger partial charge in [0.25, 0.3) is 0 Å². The Kier molecular flexibility index (Phi) is 4.22. The maximum absolute atomic E-state index is 5.94. The Hall–Kier alpha value is -1.85. The van der Waals surface area contributed by atoms with Crippen molar-refractivity contribution in [2.75, 3.05) is 5.32 Å². The molecule has 0 saturated carbocycles. The monoisotopic (exact) mass is 362 g/mol. The third kappa shape index (κ3) is 3.43. The van der Waals surface area contributed by atoms with E-state index in [0.29, 0.717) is 0 Å². The van der Waals surface area contributed by atoms with E-state index in [2.05, 4.69) is 31.3 Å². The summed E-state index contributed by atoms with van der Waals surface area (Å²) in [5.74, 6) is 0. The highest BCUT2D eigenvalue weighted by Gasteiger charge is 2.02. The molecule has 0 radical (unpaired) electrons. The topological polar surface area (TPSA) is 42.7 Å². The van der Waals surface area contributed by atoms with Gasteiger partial charge in [-0.15, -0.1) is 0 Å². The van der Waals surface area contributed by atoms with Crippen molar-refractivity contribution in [3.63, 3.8) is 0 Å². The normalized spacial score (nSPS) is 10.6. The van der Waals surface area contributed by atoms with Crippen LogP contribution in [0.4, 0.5) is 5.69 Å². The fraction of sp³-hybridized carbons (Fsp3) is 0.0667. The molecule has 4 nitrogen and oxygen atoms in total. The molecule has 21 heavy (non-hydrogen) atoms. The van der Waals surface area contributed by atoms with Crippen LogP contribution in [-0.2, 0) is 6.54 Å². The predicted molar refractivity (Wildman–Crippen MR) is 87.8 cm³/mol. The third-order valence-corrected chi connectivity index (χ3v) is 4.02. The minimum absolute atomic E-state index is 0.723. The highest BCUT2D eigenvalue weighted by molar-refractivity contribution is 9.10. The highest BCUT2D eigenvalue weighted by atomic mass is 79.9. The van der Waals surface area contributed by atoms with Gasteiger partial charge >= 0.3 is 0 Å². The molecule has 0 spiro atoms. The summed E-state index contributed by atoms with van der Waals surface area (Å²) < 4.78 is 2.72. The molecular weight excluding hydrogens is 352 g/mol. The summed E-state index contributed by atoms with van der Waals surface area (Å²) in [6, 6.07) is 13.8. The molecule has 0 bridgehead atoms. The maximum atomic E-state index is 5.94. The molecule has 1 aromatic heterocycles. The molecule has 1 heterocycles. The second kappa shape index (κ2) is 6.28. The first-order valence-corrected chi connectivity index (χ1v) is 7.52. The molecule has 2 aromatic carbocycles. The molecule has 3 aromatic rings. The molecule has 0 atom stereocenters. The Bertz CT molecular complexity index is 726. The maximum Gasteiger partial charge on any atom is 0.138 e. The smallest absolute Gasteiger partial charge is 0.138 e. The van der Waals surface area contributed by atoms with Crippen molar-refractivity contribution in [2.24, 2.45) is 0 Å². The largest absolute Gasteiger partial charge is 0.381 e. The molecule has 0 aliphatic carbocycles. The van der Waals surface area contributed by atoms with E-state index in [-0.39, 0.29) is 0 Å². The zero-order chi connectivity index (χ0) is 14.7. The van der Waals surface area contributed by atoms with Gasteiger partial charge < -0.3 is 5.32 Å². The molecule has 0 aliphatic heterocycles. The highest BCUT2D eigenvalue weighted by Crippen LogP contribution is 2.22. The van der Waals surface area contributed by atoms with Crippen molar-refractivity contribution in [3.05, 3.63) is 70.2 Å². The Morgan fingerprint density at radius 1 is 1.14 bits per heavy atom. The van der Waals surface area contributed by atoms with Crippen LogP contribution in [0.1, 0.15) is 5.56 Å². The molecule has 3 rings (SSSR count). The number of nitrogens with one attached hydrogen (secondary N) is 1. The lowest BCUT2D eigenvalue weighted by atomic mass is 10.2. The van der Waals surface area contributed by atoms with Gasteiger partial charge in [0.2, 0.25) is 0 Å². The number of nitrogens with zero attached hydrogens (tertiary/aromatic N) is 3. The minimum Gasteiger partial charge on any atom is -0.381 e. The van der Waals surface area contributed by atoms with Crippen LogP contribution in [0.3, 0.4) is 0 Å². The van der Waals surface area contributed by atoms with Crippen LogP contribution in [0.5, 0.6) is 0 Å². The number of anilines is 1. The first-order valence-electron chi connectivity index (χ1n) is 6.35. The second-order valence-corrected chi connectivity index (χ2v) is 5.77. The molecule has 0 fully saturated rings. The third-order valence-electron chi connectivity index (χ3n) is 3.05. The first-order chi connectivity index (χ1) is 10.2. The zero-order valence-corrected chi connectivity index (χ0v) is 13.3. The van der Waals surface area contributed by atoms with Crippen molar-refractivity contribution < 1.29 is 0 Å². The van der Waals surface area contributed by atoms with Gasteiger partial charge in [-0.25, -0.2) is 9.67 Å². The van der Waals surface area contributed by atoms with E-state index in [1.54, 1.807) is 11.0 Å². The van der Waals surface area contributed by atoms with E-state index in [1.807, 2.05) is 42.5 Å². The number of rotatable bonds is 4. The summed E-state index contributed by atoms with van der Waals surface area (Å²) in [5, 5.41) is 8.20. The fourth-order valence-electron chi connectivity index (χ4n) is 1.94. The van der Waals surface area contributed by atoms with Gasteiger partial charge in [-0.2, -0.15) is 5.10 Å². The van der Waals surface area contributed by atoms with Crippen LogP contribution in [0.25, 0.3) is 5.69 Å². The first kappa shape index (κ1) is 14.1. The standard InChI is InChI=1S/C15H12BrClN4/c16-15-7-12(17)2-1-11(15)8-19-13-3-5-14(6-4-13)21-10-18-9-20-21/h1-7,9-10,19H,8H2. The van der Waals surface area contributed by atoms with E-state index in [9.17, 15) is 0 Å². The lowest BCUT2D eigenvalue weighted by Crippen LogP contribution is -2.01. The van der Waals surface area contributed by atoms with Crippen LogP contribution in [-0.4, -0.2) is 14.8 Å². The quantitative estimate of drug-likeness (QED) is 0.751. The molecule has 0 saturated heterocycles. The Balaban J connectivity index is 1.68. The van der Waals surface area contributed by atoms with Crippen LogP contribution >= 0.6 is 27.5 Å². The number of hydrogen-bond acceptors (Lipinski definition) is 3. The molecule has 6 heteroatoms. The van der Waals surface area contributed by atoms with Gasteiger partial charge in [0, 0.05) is 21.7 Å². The summed E-state index contributed by atoms with van der Waals surface area (Å²) in [6.07, 6.45) is 3.19. The number of benzene rings is 2. The minimum atomic E-state index is 0.723. The molecule has 0 aliphatic rings. The average molecular weight is 364 g/mol. The van der Waals surface area contributed by atoms with E-state index in [1.165, 1.54) is 6.33 Å². The van der Waals surface area contributed by atoms with Crippen LogP contribution in [0.2, 0.25) is 5.02 Å². The van der Waals surface area contributed by atoms with Gasteiger partial charge in [0.05, 0.1) is 5.69 Å². The molecule has 0 amide bonds. The zero-order valence-electron chi connectivity index (χ0n) is 11.0. The van der Waals surface area contributed by atoms with Gasteiger partial charge in [-0.1, -0.05) is 33.6 Å². The number of hydrogen-bond donors (Lipinski definition) is 1. The summed E-state index contributed by atoms with van der Waals surface area (Å²) in [4.78, 5) is 3.93. The fourth-order valence-corrected chi connectivity index (χ4v) is 2.76.